The summed E-state index contributed by atoms with van der Waals surface area (Å²) in [4.78, 5) is 38.2. The lowest BCUT2D eigenvalue weighted by Crippen LogP contribution is -2.46. The van der Waals surface area contributed by atoms with Gasteiger partial charge in [-0.3, -0.25) is 19.6 Å². The zero-order valence-corrected chi connectivity index (χ0v) is 15.6. The molecule has 148 valence electrons. The number of carbonyl (C=O) groups is 3. The normalized spacial score (nSPS) is 20.5. The fraction of sp³-hybridized carbons (Fsp3) is 0.550. The Morgan fingerprint density at radius 2 is 1.78 bits per heavy atom. The van der Waals surface area contributed by atoms with Crippen molar-refractivity contribution < 1.29 is 24.7 Å². The number of nitrogens with zero attached hydrogens (tertiary/aromatic N) is 1. The smallest absolute Gasteiger partial charge is 0.307 e. The molecule has 0 saturated heterocycles. The summed E-state index contributed by atoms with van der Waals surface area (Å²) in [6.45, 7) is 2.33. The molecule has 0 radical (unpaired) electrons. The van der Waals surface area contributed by atoms with Crippen LogP contribution in [0, 0.1) is 17.8 Å². The van der Waals surface area contributed by atoms with E-state index in [0.717, 1.165) is 18.4 Å². The molecule has 7 nitrogen and oxygen atoms in total. The number of carbonyl (C=O) groups excluding carboxylic acids is 2. The maximum atomic E-state index is 13.0. The van der Waals surface area contributed by atoms with Crippen molar-refractivity contribution in [3.05, 3.63) is 35.9 Å². The first-order valence-electron chi connectivity index (χ1n) is 9.47. The van der Waals surface area contributed by atoms with Crippen LogP contribution in [0.25, 0.3) is 0 Å². The summed E-state index contributed by atoms with van der Waals surface area (Å²) in [6.07, 6.45) is 3.10. The highest BCUT2D eigenvalue weighted by Gasteiger charge is 2.38. The van der Waals surface area contributed by atoms with Gasteiger partial charge in [-0.25, -0.2) is 5.48 Å². The molecule has 3 N–H and O–H groups in total. The van der Waals surface area contributed by atoms with E-state index in [4.69, 9.17) is 5.21 Å². The summed E-state index contributed by atoms with van der Waals surface area (Å²) in [6, 6.07) is 9.38. The highest BCUT2D eigenvalue weighted by molar-refractivity contribution is 5.85. The van der Waals surface area contributed by atoms with Gasteiger partial charge in [0.25, 0.3) is 0 Å². The predicted octanol–water partition coefficient (Wildman–Crippen LogP) is 2.09. The molecular weight excluding hydrogens is 348 g/mol. The second-order valence-electron chi connectivity index (χ2n) is 7.08. The van der Waals surface area contributed by atoms with Crippen LogP contribution in [0.2, 0.25) is 0 Å². The van der Waals surface area contributed by atoms with Crippen molar-refractivity contribution >= 4 is 17.8 Å². The van der Waals surface area contributed by atoms with Crippen molar-refractivity contribution in [2.45, 2.75) is 39.0 Å². The lowest BCUT2D eigenvalue weighted by molar-refractivity contribution is -0.153. The number of aliphatic carboxylic acids is 1. The Kier molecular flexibility index (Phi) is 7.79. The predicted molar refractivity (Wildman–Crippen MR) is 98.9 cm³/mol. The highest BCUT2D eigenvalue weighted by atomic mass is 16.5. The van der Waals surface area contributed by atoms with E-state index in [1.807, 2.05) is 37.3 Å². The van der Waals surface area contributed by atoms with E-state index < -0.39 is 29.6 Å². The van der Waals surface area contributed by atoms with Gasteiger partial charge in [-0.05, 0) is 31.7 Å². The van der Waals surface area contributed by atoms with E-state index >= 15 is 0 Å². The topological polar surface area (TPSA) is 107 Å². The van der Waals surface area contributed by atoms with Crippen LogP contribution in [0.1, 0.15) is 38.2 Å². The van der Waals surface area contributed by atoms with Gasteiger partial charge in [0.15, 0.2) is 0 Å². The number of benzene rings is 1. The molecule has 0 heterocycles. The van der Waals surface area contributed by atoms with Crippen molar-refractivity contribution in [3.63, 3.8) is 0 Å². The third-order valence-corrected chi connectivity index (χ3v) is 5.34. The minimum absolute atomic E-state index is 0.138. The first-order chi connectivity index (χ1) is 13.0. The Balaban J connectivity index is 2.14. The van der Waals surface area contributed by atoms with Gasteiger partial charge in [-0.1, -0.05) is 43.2 Å². The number of amides is 2. The number of hydroxylamine groups is 1. The molecule has 1 unspecified atom stereocenters. The van der Waals surface area contributed by atoms with Crippen molar-refractivity contribution in [1.82, 2.24) is 10.4 Å². The number of rotatable bonds is 8. The van der Waals surface area contributed by atoms with Crippen LogP contribution in [0.4, 0.5) is 0 Å². The van der Waals surface area contributed by atoms with Gasteiger partial charge < -0.3 is 10.0 Å². The molecule has 0 aliphatic heterocycles. The van der Waals surface area contributed by atoms with Crippen LogP contribution in [0.15, 0.2) is 30.3 Å². The molecule has 0 aromatic heterocycles. The summed E-state index contributed by atoms with van der Waals surface area (Å²) in [5.74, 6) is -3.53. The minimum atomic E-state index is -0.932. The van der Waals surface area contributed by atoms with Crippen LogP contribution in [-0.4, -0.2) is 46.1 Å². The zero-order valence-electron chi connectivity index (χ0n) is 15.6. The van der Waals surface area contributed by atoms with E-state index in [9.17, 15) is 19.5 Å². The van der Waals surface area contributed by atoms with E-state index in [-0.39, 0.29) is 12.5 Å². The van der Waals surface area contributed by atoms with Crippen LogP contribution in [-0.2, 0) is 20.8 Å². The summed E-state index contributed by atoms with van der Waals surface area (Å²) in [7, 11) is 0. The molecule has 2 rings (SSSR count). The molecule has 1 aliphatic rings. The maximum Gasteiger partial charge on any atom is 0.307 e. The van der Waals surface area contributed by atoms with Gasteiger partial charge in [0.2, 0.25) is 11.8 Å². The van der Waals surface area contributed by atoms with Crippen molar-refractivity contribution in [1.29, 1.82) is 0 Å². The van der Waals surface area contributed by atoms with E-state index in [1.165, 1.54) is 0 Å². The Morgan fingerprint density at radius 1 is 1.15 bits per heavy atom. The van der Waals surface area contributed by atoms with E-state index in [2.05, 4.69) is 0 Å². The molecular formula is C20H28N2O5. The summed E-state index contributed by atoms with van der Waals surface area (Å²) in [5, 5.41) is 18.5. The molecule has 1 aromatic rings. The second-order valence-corrected chi connectivity index (χ2v) is 7.08. The first kappa shape index (κ1) is 20.9. The Labute approximate surface area is 159 Å². The number of hydrogen-bond donors (Lipinski definition) is 3. The third-order valence-electron chi connectivity index (χ3n) is 5.34. The standard InChI is InChI=1S/C20H28N2O5/c1-2-22(19(24)16-10-6-7-11-17(16)20(25)26)13-15(18(23)21-27)12-14-8-4-3-5-9-14/h3-5,8-9,15-17,27H,2,6-7,10-13H2,1H3,(H,21,23)(H,25,26)/t15?,16-,17-/m1/s1. The fourth-order valence-corrected chi connectivity index (χ4v) is 3.83. The maximum absolute atomic E-state index is 13.0. The Hall–Kier alpha value is -2.41. The van der Waals surface area contributed by atoms with Gasteiger partial charge in [0.1, 0.15) is 0 Å². The van der Waals surface area contributed by atoms with Gasteiger partial charge in [0, 0.05) is 13.1 Å². The lowest BCUT2D eigenvalue weighted by atomic mass is 9.78. The molecule has 27 heavy (non-hydrogen) atoms. The average molecular weight is 376 g/mol. The fourth-order valence-electron chi connectivity index (χ4n) is 3.83. The molecule has 1 aliphatic carbocycles. The molecule has 3 atom stereocenters. The van der Waals surface area contributed by atoms with Crippen LogP contribution in [0.3, 0.4) is 0 Å². The summed E-state index contributed by atoms with van der Waals surface area (Å²) >= 11 is 0. The molecule has 1 saturated carbocycles. The number of carboxylic acids is 1. The molecule has 0 spiro atoms. The minimum Gasteiger partial charge on any atom is -0.481 e. The van der Waals surface area contributed by atoms with Crippen molar-refractivity contribution in [3.8, 4) is 0 Å². The molecule has 2 amide bonds. The van der Waals surface area contributed by atoms with Crippen LogP contribution < -0.4 is 5.48 Å². The van der Waals surface area contributed by atoms with Crippen molar-refractivity contribution in [2.75, 3.05) is 13.1 Å². The van der Waals surface area contributed by atoms with Crippen LogP contribution >= 0.6 is 0 Å². The van der Waals surface area contributed by atoms with Gasteiger partial charge >= 0.3 is 5.97 Å². The SMILES string of the molecule is CCN(CC(Cc1ccccc1)C(=O)NO)C(=O)[C@@H]1CCCC[C@H]1C(=O)O. The molecule has 0 bridgehead atoms. The number of hydrogen-bond acceptors (Lipinski definition) is 4. The second kappa shape index (κ2) is 10.1. The van der Waals surface area contributed by atoms with Gasteiger partial charge in [0.05, 0.1) is 17.8 Å². The molecule has 1 aromatic carbocycles. The molecule has 1 fully saturated rings. The first-order valence-corrected chi connectivity index (χ1v) is 9.47. The quantitative estimate of drug-likeness (QED) is 0.476. The van der Waals surface area contributed by atoms with Crippen LogP contribution in [0.5, 0.6) is 0 Å². The Bertz CT molecular complexity index is 649. The third kappa shape index (κ3) is 5.53. The van der Waals surface area contributed by atoms with Gasteiger partial charge in [-0.15, -0.1) is 0 Å². The summed E-state index contributed by atoms with van der Waals surface area (Å²) < 4.78 is 0. The number of carboxylic acid groups (broad SMARTS) is 1. The largest absolute Gasteiger partial charge is 0.481 e. The molecule has 7 heteroatoms. The van der Waals surface area contributed by atoms with Crippen molar-refractivity contribution in [2.24, 2.45) is 17.8 Å². The zero-order chi connectivity index (χ0) is 19.8. The highest BCUT2D eigenvalue weighted by Crippen LogP contribution is 2.32. The number of nitrogens with one attached hydrogen (secondary N) is 1. The van der Waals surface area contributed by atoms with E-state index in [1.54, 1.807) is 10.4 Å². The Morgan fingerprint density at radius 3 is 2.33 bits per heavy atom. The summed E-state index contributed by atoms with van der Waals surface area (Å²) in [5.41, 5.74) is 2.62. The van der Waals surface area contributed by atoms with E-state index in [0.29, 0.717) is 25.8 Å². The average Bonchev–Trinajstić information content (AvgIpc) is 2.70. The monoisotopic (exact) mass is 376 g/mol. The van der Waals surface area contributed by atoms with Gasteiger partial charge in [-0.2, -0.15) is 0 Å². The lowest BCUT2D eigenvalue weighted by Gasteiger charge is -2.33.